The summed E-state index contributed by atoms with van der Waals surface area (Å²) in [5.74, 6) is 1.76. The number of carbonyl (C=O) groups excluding carboxylic acids is 1. The Bertz CT molecular complexity index is 1730. The van der Waals surface area contributed by atoms with Gasteiger partial charge in [0.25, 0.3) is 5.91 Å². The van der Waals surface area contributed by atoms with Gasteiger partial charge in [-0.1, -0.05) is 52.3 Å². The molecule has 5 aromatic rings. The number of fused-ring (bicyclic) bond motifs is 1. The predicted molar refractivity (Wildman–Crippen MR) is 162 cm³/mol. The second-order valence-corrected chi connectivity index (χ2v) is 10.4. The van der Waals surface area contributed by atoms with Crippen molar-refractivity contribution in [2.45, 2.75) is 13.5 Å². The van der Waals surface area contributed by atoms with E-state index in [1.54, 1.807) is 18.3 Å². The van der Waals surface area contributed by atoms with E-state index < -0.39 is 0 Å². The van der Waals surface area contributed by atoms with Gasteiger partial charge in [0.15, 0.2) is 11.5 Å². The summed E-state index contributed by atoms with van der Waals surface area (Å²) in [5, 5.41) is 4.20. The quantitative estimate of drug-likeness (QED) is 0.148. The Morgan fingerprint density at radius 2 is 1.76 bits per heavy atom. The molecule has 41 heavy (non-hydrogen) atoms. The van der Waals surface area contributed by atoms with Crippen LogP contribution in [0.25, 0.3) is 16.9 Å². The van der Waals surface area contributed by atoms with Crippen molar-refractivity contribution in [2.24, 2.45) is 5.10 Å². The Morgan fingerprint density at radius 3 is 2.59 bits per heavy atom. The van der Waals surface area contributed by atoms with Crippen LogP contribution in [0.5, 0.6) is 17.2 Å². The van der Waals surface area contributed by atoms with Gasteiger partial charge in [-0.25, -0.2) is 5.43 Å². The fourth-order valence-corrected chi connectivity index (χ4v) is 5.02. The predicted octanol–water partition coefficient (Wildman–Crippen LogP) is 7.29. The lowest BCUT2D eigenvalue weighted by atomic mass is 10.1. The van der Waals surface area contributed by atoms with E-state index in [0.717, 1.165) is 38.4 Å². The SMILES string of the molecule is Cc1ccc(-c2ccccc2)n1-c1ccc(C(=O)N/N=C/c2cc(Br)ccc2OCc2ccc3c(c2)OCO3)cc1. The lowest BCUT2D eigenvalue weighted by molar-refractivity contribution is 0.0955. The molecular formula is C33H26BrN3O4. The topological polar surface area (TPSA) is 74.1 Å². The standard InChI is InChI=1S/C33H26BrN3O4/c1-22-7-14-29(24-5-3-2-4-6-24)37(22)28-12-9-25(10-13-28)33(38)36-35-19-26-18-27(34)11-16-30(26)39-20-23-8-15-31-32(17-23)41-21-40-31/h2-19H,20-21H2,1H3,(H,36,38)/b35-19+. The maximum atomic E-state index is 12.8. The van der Waals surface area contributed by atoms with E-state index in [9.17, 15) is 4.79 Å². The molecule has 0 unspecified atom stereocenters. The first-order chi connectivity index (χ1) is 20.0. The van der Waals surface area contributed by atoms with Crippen LogP contribution in [0.3, 0.4) is 0 Å². The number of nitrogens with zero attached hydrogens (tertiary/aromatic N) is 2. The molecule has 2 heterocycles. The van der Waals surface area contributed by atoms with E-state index in [4.69, 9.17) is 14.2 Å². The second kappa shape index (κ2) is 11.7. The summed E-state index contributed by atoms with van der Waals surface area (Å²) >= 11 is 3.49. The van der Waals surface area contributed by atoms with E-state index in [-0.39, 0.29) is 12.7 Å². The number of rotatable bonds is 8. The van der Waals surface area contributed by atoms with Gasteiger partial charge < -0.3 is 18.8 Å². The summed E-state index contributed by atoms with van der Waals surface area (Å²) < 4.78 is 19.9. The number of benzene rings is 4. The first-order valence-electron chi connectivity index (χ1n) is 13.0. The summed E-state index contributed by atoms with van der Waals surface area (Å²) in [5.41, 5.74) is 9.09. The second-order valence-electron chi connectivity index (χ2n) is 9.47. The molecule has 204 valence electrons. The highest BCUT2D eigenvalue weighted by molar-refractivity contribution is 9.10. The Morgan fingerprint density at radius 1 is 0.951 bits per heavy atom. The Hall–Kier alpha value is -4.82. The lowest BCUT2D eigenvalue weighted by Gasteiger charge is -2.13. The molecule has 8 heteroatoms. The van der Waals surface area contributed by atoms with Gasteiger partial charge in [0, 0.05) is 27.0 Å². The Labute approximate surface area is 246 Å². The maximum absolute atomic E-state index is 12.8. The van der Waals surface area contributed by atoms with Crippen LogP contribution in [0.2, 0.25) is 0 Å². The highest BCUT2D eigenvalue weighted by atomic mass is 79.9. The molecule has 7 nitrogen and oxygen atoms in total. The van der Waals surface area contributed by atoms with Crippen molar-refractivity contribution in [2.75, 3.05) is 6.79 Å². The van der Waals surface area contributed by atoms with Gasteiger partial charge >= 0.3 is 0 Å². The molecular weight excluding hydrogens is 582 g/mol. The number of hydrogen-bond donors (Lipinski definition) is 1. The number of nitrogens with one attached hydrogen (secondary N) is 1. The molecule has 1 aliphatic rings. The van der Waals surface area contributed by atoms with Gasteiger partial charge in [0.2, 0.25) is 6.79 Å². The molecule has 4 aromatic carbocycles. The molecule has 1 N–H and O–H groups in total. The van der Waals surface area contributed by atoms with Crippen LogP contribution < -0.4 is 19.6 Å². The number of halogens is 1. The normalized spacial score (nSPS) is 12.0. The molecule has 1 aliphatic heterocycles. The first-order valence-corrected chi connectivity index (χ1v) is 13.8. The Kier molecular flexibility index (Phi) is 7.56. The van der Waals surface area contributed by atoms with Crippen LogP contribution in [-0.4, -0.2) is 23.5 Å². The average molecular weight is 608 g/mol. The number of carbonyl (C=O) groups is 1. The first kappa shape index (κ1) is 26.4. The monoisotopic (exact) mass is 607 g/mol. The summed E-state index contributed by atoms with van der Waals surface area (Å²) in [6.45, 7) is 2.63. The lowest BCUT2D eigenvalue weighted by Crippen LogP contribution is -2.17. The van der Waals surface area contributed by atoms with E-state index in [1.807, 2.05) is 66.7 Å². The fraction of sp³-hybridized carbons (Fsp3) is 0.0909. The van der Waals surface area contributed by atoms with Crippen LogP contribution in [-0.2, 0) is 6.61 Å². The summed E-state index contributed by atoms with van der Waals surface area (Å²) in [6.07, 6.45) is 1.57. The number of aromatic nitrogens is 1. The third-order valence-electron chi connectivity index (χ3n) is 6.71. The number of hydrazone groups is 1. The highest BCUT2D eigenvalue weighted by Gasteiger charge is 2.14. The maximum Gasteiger partial charge on any atom is 0.271 e. The van der Waals surface area contributed by atoms with Crippen molar-refractivity contribution in [1.29, 1.82) is 0 Å². The molecule has 6 rings (SSSR count). The molecule has 1 aromatic heterocycles. The highest BCUT2D eigenvalue weighted by Crippen LogP contribution is 2.33. The van der Waals surface area contributed by atoms with Crippen LogP contribution >= 0.6 is 15.9 Å². The van der Waals surface area contributed by atoms with Crippen LogP contribution in [0, 0.1) is 6.92 Å². The van der Waals surface area contributed by atoms with Crippen molar-refractivity contribution >= 4 is 28.1 Å². The summed E-state index contributed by atoms with van der Waals surface area (Å²) in [7, 11) is 0. The largest absolute Gasteiger partial charge is 0.488 e. The van der Waals surface area contributed by atoms with Gasteiger partial charge in [0.1, 0.15) is 12.4 Å². The number of hydrogen-bond acceptors (Lipinski definition) is 5. The zero-order chi connectivity index (χ0) is 28.2. The molecule has 0 atom stereocenters. The van der Waals surface area contributed by atoms with Crippen LogP contribution in [0.4, 0.5) is 0 Å². The van der Waals surface area contributed by atoms with E-state index in [2.05, 4.69) is 62.2 Å². The molecule has 0 saturated carbocycles. The van der Waals surface area contributed by atoms with Gasteiger partial charge in [0.05, 0.1) is 11.9 Å². The van der Waals surface area contributed by atoms with Crippen molar-refractivity contribution in [1.82, 2.24) is 9.99 Å². The third-order valence-corrected chi connectivity index (χ3v) is 7.20. The van der Waals surface area contributed by atoms with Crippen LogP contribution in [0.15, 0.2) is 113 Å². The van der Waals surface area contributed by atoms with Gasteiger partial charge in [-0.2, -0.15) is 5.10 Å². The smallest absolute Gasteiger partial charge is 0.271 e. The molecule has 0 fully saturated rings. The Balaban J connectivity index is 1.12. The van der Waals surface area contributed by atoms with Crippen molar-refractivity contribution in [3.8, 4) is 34.2 Å². The molecule has 0 aliphatic carbocycles. The summed E-state index contributed by atoms with van der Waals surface area (Å²) in [6, 6.07) is 33.2. The van der Waals surface area contributed by atoms with E-state index in [0.29, 0.717) is 29.2 Å². The van der Waals surface area contributed by atoms with Gasteiger partial charge in [-0.05, 0) is 84.8 Å². The zero-order valence-electron chi connectivity index (χ0n) is 22.2. The summed E-state index contributed by atoms with van der Waals surface area (Å²) in [4.78, 5) is 12.8. The number of ether oxygens (including phenoxy) is 3. The fourth-order valence-electron chi connectivity index (χ4n) is 4.65. The molecule has 0 bridgehead atoms. The third kappa shape index (κ3) is 5.88. The van der Waals surface area contributed by atoms with Crippen LogP contribution in [0.1, 0.15) is 27.2 Å². The minimum Gasteiger partial charge on any atom is -0.488 e. The van der Waals surface area contributed by atoms with Gasteiger partial charge in [-0.15, -0.1) is 0 Å². The van der Waals surface area contributed by atoms with E-state index in [1.165, 1.54) is 0 Å². The zero-order valence-corrected chi connectivity index (χ0v) is 23.8. The minimum atomic E-state index is -0.307. The number of amides is 1. The number of aryl methyl sites for hydroxylation is 1. The molecule has 0 radical (unpaired) electrons. The van der Waals surface area contributed by atoms with Crippen molar-refractivity contribution in [3.05, 3.63) is 130 Å². The minimum absolute atomic E-state index is 0.227. The molecule has 0 spiro atoms. The van der Waals surface area contributed by atoms with Crippen molar-refractivity contribution < 1.29 is 19.0 Å². The van der Waals surface area contributed by atoms with Gasteiger partial charge in [-0.3, -0.25) is 4.79 Å². The van der Waals surface area contributed by atoms with Crippen molar-refractivity contribution in [3.63, 3.8) is 0 Å². The molecule has 0 saturated heterocycles. The molecule has 1 amide bonds. The van der Waals surface area contributed by atoms with E-state index >= 15 is 0 Å². The average Bonchev–Trinajstić information content (AvgIpc) is 3.63.